The number of nitrogens with zero attached hydrogens (tertiary/aromatic N) is 4. The zero-order valence-electron chi connectivity index (χ0n) is 15.0. The van der Waals surface area contributed by atoms with Gasteiger partial charge < -0.3 is 4.98 Å². The first-order chi connectivity index (χ1) is 12.5. The van der Waals surface area contributed by atoms with E-state index in [-0.39, 0.29) is 11.5 Å². The van der Waals surface area contributed by atoms with Gasteiger partial charge in [-0.3, -0.25) is 19.4 Å². The molecule has 0 saturated carbocycles. The second kappa shape index (κ2) is 7.76. The second-order valence-corrected chi connectivity index (χ2v) is 6.92. The maximum Gasteiger partial charge on any atom is 0.258 e. The van der Waals surface area contributed by atoms with E-state index in [0.29, 0.717) is 41.5 Å². The molecule has 0 atom stereocenters. The highest BCUT2D eigenvalue weighted by Gasteiger charge is 2.14. The van der Waals surface area contributed by atoms with Gasteiger partial charge in [0.15, 0.2) is 5.13 Å². The van der Waals surface area contributed by atoms with Crippen LogP contribution in [0.5, 0.6) is 0 Å². The van der Waals surface area contributed by atoms with Crippen LogP contribution in [0.15, 0.2) is 34.4 Å². The molecule has 136 valence electrons. The molecule has 0 spiro atoms. The van der Waals surface area contributed by atoms with E-state index in [2.05, 4.69) is 15.0 Å². The monoisotopic (exact) mass is 371 g/mol. The quantitative estimate of drug-likeness (QED) is 0.719. The summed E-state index contributed by atoms with van der Waals surface area (Å²) in [5, 5.41) is 3.25. The molecule has 3 rings (SSSR count). The summed E-state index contributed by atoms with van der Waals surface area (Å²) in [6.07, 6.45) is 0. The number of aromatic amines is 1. The number of fused-ring (bicyclic) bond motifs is 1. The van der Waals surface area contributed by atoms with Gasteiger partial charge in [-0.25, -0.2) is 9.97 Å². The number of H-pyrrole nitrogens is 1. The lowest BCUT2D eigenvalue weighted by molar-refractivity contribution is -0.116. The Morgan fingerprint density at radius 3 is 2.73 bits per heavy atom. The summed E-state index contributed by atoms with van der Waals surface area (Å²) >= 11 is 1.46. The minimum atomic E-state index is -0.130. The van der Waals surface area contributed by atoms with E-state index in [4.69, 9.17) is 0 Å². The highest BCUT2D eigenvalue weighted by atomic mass is 32.1. The molecule has 2 heterocycles. The fourth-order valence-electron chi connectivity index (χ4n) is 2.78. The average molecular weight is 371 g/mol. The Balaban J connectivity index is 1.71. The molecule has 0 unspecified atom stereocenters. The molecule has 7 nitrogen and oxygen atoms in total. The van der Waals surface area contributed by atoms with Crippen molar-refractivity contribution in [2.45, 2.75) is 26.9 Å². The highest BCUT2D eigenvalue weighted by Crippen LogP contribution is 2.21. The van der Waals surface area contributed by atoms with Crippen molar-refractivity contribution in [2.75, 3.05) is 18.5 Å². The summed E-state index contributed by atoms with van der Waals surface area (Å²) in [7, 11) is 1.94. The van der Waals surface area contributed by atoms with Crippen molar-refractivity contribution in [3.63, 3.8) is 0 Å². The highest BCUT2D eigenvalue weighted by molar-refractivity contribution is 7.14. The van der Waals surface area contributed by atoms with Gasteiger partial charge in [0.2, 0.25) is 5.91 Å². The van der Waals surface area contributed by atoms with Crippen LogP contribution in [0.3, 0.4) is 0 Å². The Morgan fingerprint density at radius 1 is 1.23 bits per heavy atom. The Labute approximate surface area is 155 Å². The standard InChI is InChI=1S/C18H21N5O2S/c1-4-23(12(2)24)18-19-13(11-26-18)9-22(3)10-16-20-15-8-6-5-7-14(15)17(25)21-16/h5-8,11H,4,9-10H2,1-3H3,(H,20,21,25). The number of anilines is 1. The number of carbonyl (C=O) groups is 1. The Hall–Kier alpha value is -2.58. The number of benzene rings is 1. The smallest absolute Gasteiger partial charge is 0.258 e. The van der Waals surface area contributed by atoms with Gasteiger partial charge in [-0.05, 0) is 26.1 Å². The molecular weight excluding hydrogens is 350 g/mol. The van der Waals surface area contributed by atoms with Crippen LogP contribution in [-0.4, -0.2) is 39.4 Å². The molecule has 8 heteroatoms. The lowest BCUT2D eigenvalue weighted by Gasteiger charge is -2.16. The number of rotatable bonds is 6. The minimum absolute atomic E-state index is 0.0142. The molecule has 0 aliphatic carbocycles. The Morgan fingerprint density at radius 2 is 2.00 bits per heavy atom. The molecule has 26 heavy (non-hydrogen) atoms. The maximum absolute atomic E-state index is 12.2. The largest absolute Gasteiger partial charge is 0.309 e. The number of thiazole rings is 1. The lowest BCUT2D eigenvalue weighted by atomic mass is 10.2. The van der Waals surface area contributed by atoms with Gasteiger partial charge in [-0.2, -0.15) is 0 Å². The van der Waals surface area contributed by atoms with Gasteiger partial charge in [-0.1, -0.05) is 12.1 Å². The SMILES string of the molecule is CCN(C(C)=O)c1nc(CN(C)Cc2nc3ccccc3c(=O)[nH]2)cs1. The summed E-state index contributed by atoms with van der Waals surface area (Å²) in [5.41, 5.74) is 1.45. The molecule has 1 amide bonds. The number of carbonyl (C=O) groups excluding carboxylic acids is 1. The number of hydrogen-bond acceptors (Lipinski definition) is 6. The number of nitrogens with one attached hydrogen (secondary N) is 1. The van der Waals surface area contributed by atoms with Crippen molar-refractivity contribution in [3.8, 4) is 0 Å². The van der Waals surface area contributed by atoms with Crippen LogP contribution in [0.4, 0.5) is 5.13 Å². The van der Waals surface area contributed by atoms with Crippen molar-refractivity contribution in [1.82, 2.24) is 19.9 Å². The predicted molar refractivity (Wildman–Crippen MR) is 103 cm³/mol. The van der Waals surface area contributed by atoms with Crippen LogP contribution in [0, 0.1) is 0 Å². The van der Waals surface area contributed by atoms with Gasteiger partial charge in [-0.15, -0.1) is 11.3 Å². The third-order valence-electron chi connectivity index (χ3n) is 3.98. The van der Waals surface area contributed by atoms with Crippen LogP contribution in [0.1, 0.15) is 25.4 Å². The molecule has 1 aromatic carbocycles. The van der Waals surface area contributed by atoms with Crippen molar-refractivity contribution in [1.29, 1.82) is 0 Å². The van der Waals surface area contributed by atoms with E-state index in [0.717, 1.165) is 5.69 Å². The van der Waals surface area contributed by atoms with Crippen LogP contribution < -0.4 is 10.5 Å². The molecule has 3 aromatic rings. The van der Waals surface area contributed by atoms with E-state index in [1.54, 1.807) is 17.9 Å². The molecule has 2 aromatic heterocycles. The summed E-state index contributed by atoms with van der Waals surface area (Å²) < 4.78 is 0. The average Bonchev–Trinajstić information content (AvgIpc) is 3.03. The van der Waals surface area contributed by atoms with Crippen LogP contribution in [0.25, 0.3) is 10.9 Å². The number of hydrogen-bond donors (Lipinski definition) is 1. The molecule has 0 aliphatic rings. The van der Waals surface area contributed by atoms with E-state index in [9.17, 15) is 9.59 Å². The van der Waals surface area contributed by atoms with Crippen LogP contribution in [0.2, 0.25) is 0 Å². The molecule has 0 fully saturated rings. The van der Waals surface area contributed by atoms with Crippen LogP contribution in [-0.2, 0) is 17.9 Å². The number of para-hydroxylation sites is 1. The normalized spacial score (nSPS) is 11.2. The predicted octanol–water partition coefficient (Wildman–Crippen LogP) is 2.38. The maximum atomic E-state index is 12.2. The molecule has 0 radical (unpaired) electrons. The van der Waals surface area contributed by atoms with Crippen molar-refractivity contribution >= 4 is 33.3 Å². The molecule has 0 bridgehead atoms. The summed E-state index contributed by atoms with van der Waals surface area (Å²) in [4.78, 5) is 39.3. The summed E-state index contributed by atoms with van der Waals surface area (Å²) in [6, 6.07) is 7.29. The molecular formula is C18H21N5O2S. The first-order valence-electron chi connectivity index (χ1n) is 8.37. The number of amides is 1. The van der Waals surface area contributed by atoms with Crippen molar-refractivity contribution in [2.24, 2.45) is 0 Å². The van der Waals surface area contributed by atoms with E-state index < -0.39 is 0 Å². The van der Waals surface area contributed by atoms with Gasteiger partial charge in [0.25, 0.3) is 5.56 Å². The second-order valence-electron chi connectivity index (χ2n) is 6.09. The fourth-order valence-corrected chi connectivity index (χ4v) is 3.71. The third-order valence-corrected chi connectivity index (χ3v) is 4.89. The Bertz CT molecular complexity index is 981. The summed E-state index contributed by atoms with van der Waals surface area (Å²) in [5.74, 6) is 0.602. The zero-order chi connectivity index (χ0) is 18.7. The van der Waals surface area contributed by atoms with Crippen molar-refractivity contribution in [3.05, 3.63) is 51.5 Å². The molecule has 1 N–H and O–H groups in total. The number of aromatic nitrogens is 3. The van der Waals surface area contributed by atoms with Crippen LogP contribution >= 0.6 is 11.3 Å². The van der Waals surface area contributed by atoms with Crippen molar-refractivity contribution < 1.29 is 4.79 Å². The first-order valence-corrected chi connectivity index (χ1v) is 9.25. The zero-order valence-corrected chi connectivity index (χ0v) is 15.8. The first kappa shape index (κ1) is 18.2. The van der Waals surface area contributed by atoms with E-state index >= 15 is 0 Å². The van der Waals surface area contributed by atoms with E-state index in [1.807, 2.05) is 42.5 Å². The van der Waals surface area contributed by atoms with Gasteiger partial charge >= 0.3 is 0 Å². The van der Waals surface area contributed by atoms with Gasteiger partial charge in [0, 0.05) is 25.4 Å². The van der Waals surface area contributed by atoms with E-state index in [1.165, 1.54) is 11.3 Å². The Kier molecular flexibility index (Phi) is 5.43. The summed E-state index contributed by atoms with van der Waals surface area (Å²) in [6.45, 7) is 5.16. The van der Waals surface area contributed by atoms with Gasteiger partial charge in [0.05, 0.1) is 23.1 Å². The van der Waals surface area contributed by atoms with Gasteiger partial charge in [0.1, 0.15) is 5.82 Å². The fraction of sp³-hybridized carbons (Fsp3) is 0.333. The molecule has 0 aliphatic heterocycles. The third kappa shape index (κ3) is 3.97. The topological polar surface area (TPSA) is 82.2 Å². The lowest BCUT2D eigenvalue weighted by Crippen LogP contribution is -2.27. The minimum Gasteiger partial charge on any atom is -0.309 e. The molecule has 0 saturated heterocycles.